The van der Waals surface area contributed by atoms with Gasteiger partial charge in [0.2, 0.25) is 0 Å². The van der Waals surface area contributed by atoms with Gasteiger partial charge in [-0.25, -0.2) is 15.0 Å². The number of allylic oxidation sites excluding steroid dienone is 1. The van der Waals surface area contributed by atoms with Crippen LogP contribution in [0.1, 0.15) is 35.1 Å². The molecule has 212 valence electrons. The van der Waals surface area contributed by atoms with E-state index in [4.69, 9.17) is 19.4 Å². The normalized spacial score (nSPS) is 14.5. The molecular formula is C41H27N3O. The molecule has 2 aromatic heterocycles. The van der Waals surface area contributed by atoms with E-state index in [9.17, 15) is 0 Å². The quantitative estimate of drug-likeness (QED) is 0.209. The minimum atomic E-state index is -0.178. The van der Waals surface area contributed by atoms with Crippen molar-refractivity contribution in [3.05, 3.63) is 168 Å². The van der Waals surface area contributed by atoms with Crippen LogP contribution in [0.3, 0.4) is 0 Å². The molecule has 45 heavy (non-hydrogen) atoms. The van der Waals surface area contributed by atoms with E-state index in [2.05, 4.69) is 127 Å². The van der Waals surface area contributed by atoms with Crippen molar-refractivity contribution in [1.82, 2.24) is 15.0 Å². The van der Waals surface area contributed by atoms with E-state index in [1.54, 1.807) is 0 Å². The Morgan fingerprint density at radius 2 is 1.18 bits per heavy atom. The summed E-state index contributed by atoms with van der Waals surface area (Å²) >= 11 is 0. The van der Waals surface area contributed by atoms with Crippen LogP contribution in [-0.2, 0) is 0 Å². The van der Waals surface area contributed by atoms with Crippen LogP contribution in [0.25, 0.3) is 60.9 Å². The van der Waals surface area contributed by atoms with E-state index >= 15 is 0 Å². The summed E-state index contributed by atoms with van der Waals surface area (Å²) in [6.07, 6.45) is 3.05. The van der Waals surface area contributed by atoms with Gasteiger partial charge in [0.05, 0.1) is 5.92 Å². The van der Waals surface area contributed by atoms with Crippen LogP contribution in [-0.4, -0.2) is 15.0 Å². The van der Waals surface area contributed by atoms with Crippen LogP contribution >= 0.6 is 0 Å². The summed E-state index contributed by atoms with van der Waals surface area (Å²) in [6.45, 7) is 0. The van der Waals surface area contributed by atoms with Crippen LogP contribution < -0.4 is 0 Å². The molecule has 6 aromatic carbocycles. The minimum Gasteiger partial charge on any atom is -0.460 e. The third-order valence-corrected chi connectivity index (χ3v) is 8.84. The Morgan fingerprint density at radius 3 is 1.98 bits per heavy atom. The maximum Gasteiger partial charge on any atom is 0.163 e. The molecule has 1 unspecified atom stereocenters. The molecule has 0 bridgehead atoms. The van der Waals surface area contributed by atoms with Crippen LogP contribution in [0.2, 0.25) is 0 Å². The number of rotatable bonds is 4. The van der Waals surface area contributed by atoms with Gasteiger partial charge in [0, 0.05) is 22.1 Å². The lowest BCUT2D eigenvalue weighted by molar-refractivity contribution is 0.505. The van der Waals surface area contributed by atoms with Gasteiger partial charge in [-0.05, 0) is 51.2 Å². The SMILES string of the molecule is C1=C(c2ccccc2)c2c(oc3ccc4ccccc4c23)C(c2nc(-c3ccccc3)nc(-c3ccc4ccccc4c3)n2)C1. The van der Waals surface area contributed by atoms with Gasteiger partial charge in [-0.3, -0.25) is 0 Å². The summed E-state index contributed by atoms with van der Waals surface area (Å²) < 4.78 is 6.82. The lowest BCUT2D eigenvalue weighted by Crippen LogP contribution is -2.13. The molecule has 0 aliphatic heterocycles. The van der Waals surface area contributed by atoms with Gasteiger partial charge in [0.25, 0.3) is 0 Å². The van der Waals surface area contributed by atoms with Crippen molar-refractivity contribution in [3.8, 4) is 22.8 Å². The first kappa shape index (κ1) is 25.6. The third-order valence-electron chi connectivity index (χ3n) is 8.84. The fraction of sp³-hybridized carbons (Fsp3) is 0.0488. The van der Waals surface area contributed by atoms with E-state index in [1.165, 1.54) is 27.3 Å². The second-order valence-electron chi connectivity index (χ2n) is 11.5. The summed E-state index contributed by atoms with van der Waals surface area (Å²) in [6, 6.07) is 48.3. The molecule has 0 saturated heterocycles. The minimum absolute atomic E-state index is 0.178. The largest absolute Gasteiger partial charge is 0.460 e. The van der Waals surface area contributed by atoms with Crippen molar-refractivity contribution >= 4 is 38.1 Å². The Bertz CT molecular complexity index is 2410. The van der Waals surface area contributed by atoms with E-state index in [0.717, 1.165) is 38.8 Å². The maximum absolute atomic E-state index is 6.82. The van der Waals surface area contributed by atoms with E-state index in [0.29, 0.717) is 23.9 Å². The van der Waals surface area contributed by atoms with E-state index in [-0.39, 0.29) is 5.92 Å². The molecule has 0 amide bonds. The van der Waals surface area contributed by atoms with Crippen molar-refractivity contribution in [2.24, 2.45) is 0 Å². The van der Waals surface area contributed by atoms with Gasteiger partial charge in [-0.2, -0.15) is 0 Å². The zero-order chi connectivity index (χ0) is 29.7. The number of hydrogen-bond acceptors (Lipinski definition) is 4. The summed E-state index contributed by atoms with van der Waals surface area (Å²) in [5.74, 6) is 2.75. The average Bonchev–Trinajstić information content (AvgIpc) is 3.52. The molecule has 1 aliphatic rings. The highest BCUT2D eigenvalue weighted by molar-refractivity contribution is 6.13. The Labute approximate surface area is 260 Å². The van der Waals surface area contributed by atoms with Crippen molar-refractivity contribution in [2.45, 2.75) is 12.3 Å². The second-order valence-corrected chi connectivity index (χ2v) is 11.5. The molecule has 9 rings (SSSR count). The van der Waals surface area contributed by atoms with Gasteiger partial charge >= 0.3 is 0 Å². The highest BCUT2D eigenvalue weighted by Crippen LogP contribution is 2.47. The smallest absolute Gasteiger partial charge is 0.163 e. The molecule has 4 heteroatoms. The molecule has 0 fully saturated rings. The molecular weight excluding hydrogens is 550 g/mol. The van der Waals surface area contributed by atoms with Crippen LogP contribution in [0.4, 0.5) is 0 Å². The van der Waals surface area contributed by atoms with Crippen LogP contribution in [0.15, 0.2) is 150 Å². The Kier molecular flexibility index (Phi) is 5.91. The Morgan fingerprint density at radius 1 is 0.533 bits per heavy atom. The molecule has 8 aromatic rings. The molecule has 2 heterocycles. The van der Waals surface area contributed by atoms with Gasteiger partial charge < -0.3 is 4.42 Å². The van der Waals surface area contributed by atoms with Crippen LogP contribution in [0.5, 0.6) is 0 Å². The zero-order valence-electron chi connectivity index (χ0n) is 24.4. The van der Waals surface area contributed by atoms with Gasteiger partial charge in [-0.1, -0.05) is 133 Å². The van der Waals surface area contributed by atoms with Crippen molar-refractivity contribution in [3.63, 3.8) is 0 Å². The number of fused-ring (bicyclic) bond motifs is 6. The van der Waals surface area contributed by atoms with E-state index < -0.39 is 0 Å². The lowest BCUT2D eigenvalue weighted by atomic mass is 9.83. The predicted molar refractivity (Wildman–Crippen MR) is 182 cm³/mol. The fourth-order valence-electron chi connectivity index (χ4n) is 6.67. The zero-order valence-corrected chi connectivity index (χ0v) is 24.4. The van der Waals surface area contributed by atoms with Crippen molar-refractivity contribution in [2.75, 3.05) is 0 Å². The first-order valence-electron chi connectivity index (χ1n) is 15.3. The number of nitrogens with zero attached hydrogens (tertiary/aromatic N) is 3. The summed E-state index contributed by atoms with van der Waals surface area (Å²) in [7, 11) is 0. The molecule has 4 nitrogen and oxygen atoms in total. The summed E-state index contributed by atoms with van der Waals surface area (Å²) in [5.41, 5.74) is 6.27. The standard InChI is InChI=1S/C41H27N3O/c1-3-12-27(13-4-1)33-22-23-34(38-37(33)36-32-18-10-9-14-28(32)21-24-35(36)45-38)41-43-39(29-15-5-2-6-16-29)42-40(44-41)31-20-19-26-11-7-8-17-30(26)25-31/h1-22,24-25,34H,23H2. The van der Waals surface area contributed by atoms with Gasteiger partial charge in [0.15, 0.2) is 11.6 Å². The Balaban J connectivity index is 1.29. The molecule has 0 N–H and O–H groups in total. The molecule has 0 spiro atoms. The molecule has 1 atom stereocenters. The molecule has 0 radical (unpaired) electrons. The van der Waals surface area contributed by atoms with E-state index in [1.807, 2.05) is 18.2 Å². The predicted octanol–water partition coefficient (Wildman–Crippen LogP) is 10.2. The number of furan rings is 1. The molecule has 0 saturated carbocycles. The number of benzene rings is 6. The Hall–Kier alpha value is -5.87. The first-order valence-corrected chi connectivity index (χ1v) is 15.3. The van der Waals surface area contributed by atoms with Crippen LogP contribution in [0, 0.1) is 0 Å². The average molecular weight is 578 g/mol. The number of aromatic nitrogens is 3. The monoisotopic (exact) mass is 577 g/mol. The van der Waals surface area contributed by atoms with Gasteiger partial charge in [0.1, 0.15) is 17.2 Å². The summed E-state index contributed by atoms with van der Waals surface area (Å²) in [4.78, 5) is 15.3. The number of hydrogen-bond donors (Lipinski definition) is 0. The summed E-state index contributed by atoms with van der Waals surface area (Å²) in [5, 5.41) is 5.84. The molecule has 1 aliphatic carbocycles. The topological polar surface area (TPSA) is 51.8 Å². The lowest BCUT2D eigenvalue weighted by Gasteiger charge is -2.22. The van der Waals surface area contributed by atoms with Crippen molar-refractivity contribution in [1.29, 1.82) is 0 Å². The third kappa shape index (κ3) is 4.34. The van der Waals surface area contributed by atoms with Crippen molar-refractivity contribution < 1.29 is 4.42 Å². The fourth-order valence-corrected chi connectivity index (χ4v) is 6.67. The highest BCUT2D eigenvalue weighted by atomic mass is 16.3. The second kappa shape index (κ2) is 10.4. The van der Waals surface area contributed by atoms with Gasteiger partial charge in [-0.15, -0.1) is 0 Å². The maximum atomic E-state index is 6.82. The first-order chi connectivity index (χ1) is 22.3. The highest BCUT2D eigenvalue weighted by Gasteiger charge is 2.33.